The van der Waals surface area contributed by atoms with E-state index < -0.39 is 17.9 Å². The Hall–Kier alpha value is -1.86. The first-order chi connectivity index (χ1) is 8.06. The summed E-state index contributed by atoms with van der Waals surface area (Å²) in [4.78, 5) is 30.1. The molecule has 0 aliphatic carbocycles. The average molecular weight is 238 g/mol. The van der Waals surface area contributed by atoms with Crippen LogP contribution in [0.3, 0.4) is 0 Å². The predicted octanol–water partition coefficient (Wildman–Crippen LogP) is -0.964. The molecule has 0 fully saturated rings. The predicted molar refractivity (Wildman–Crippen MR) is 59.1 cm³/mol. The largest absolute Gasteiger partial charge is 0.480 e. The Balaban J connectivity index is 2.75. The highest BCUT2D eigenvalue weighted by Gasteiger charge is 2.25. The van der Waals surface area contributed by atoms with Gasteiger partial charge in [-0.2, -0.15) is 0 Å². The highest BCUT2D eigenvalue weighted by Crippen LogP contribution is 2.10. The Labute approximate surface area is 97.9 Å². The molecule has 7 heteroatoms. The van der Waals surface area contributed by atoms with Crippen molar-refractivity contribution in [2.24, 2.45) is 17.4 Å². The van der Waals surface area contributed by atoms with Crippen molar-refractivity contribution >= 4 is 11.8 Å². The number of hydrogen-bond acceptors (Lipinski definition) is 6. The lowest BCUT2D eigenvalue weighted by Crippen LogP contribution is -2.37. The zero-order valence-electron chi connectivity index (χ0n) is 9.11. The molecule has 0 amide bonds. The van der Waals surface area contributed by atoms with Crippen molar-refractivity contribution in [1.29, 1.82) is 0 Å². The summed E-state index contributed by atoms with van der Waals surface area (Å²) < 4.78 is 0. The first kappa shape index (κ1) is 13.2. The Bertz CT molecular complexity index is 396. The lowest BCUT2D eigenvalue weighted by atomic mass is 9.94. The SMILES string of the molecule is NCC(CC(N)C(=O)O)C(=O)c1cnccn1. The molecule has 17 heavy (non-hydrogen) atoms. The minimum absolute atomic E-state index is 0.0127. The van der Waals surface area contributed by atoms with Crippen LogP contribution in [0.5, 0.6) is 0 Å². The highest BCUT2D eigenvalue weighted by molar-refractivity contribution is 5.96. The molecule has 0 radical (unpaired) electrons. The van der Waals surface area contributed by atoms with Crippen LogP contribution in [0.2, 0.25) is 0 Å². The van der Waals surface area contributed by atoms with Gasteiger partial charge in [0.05, 0.1) is 6.20 Å². The molecule has 0 spiro atoms. The number of aromatic nitrogens is 2. The zero-order chi connectivity index (χ0) is 12.8. The Kier molecular flexibility index (Phi) is 4.68. The molecule has 0 aliphatic heterocycles. The van der Waals surface area contributed by atoms with E-state index in [0.29, 0.717) is 0 Å². The molecular formula is C10H14N4O3. The van der Waals surface area contributed by atoms with Crippen molar-refractivity contribution in [3.8, 4) is 0 Å². The van der Waals surface area contributed by atoms with Crippen molar-refractivity contribution < 1.29 is 14.7 Å². The summed E-state index contributed by atoms with van der Waals surface area (Å²) in [6.45, 7) is 0.0242. The van der Waals surface area contributed by atoms with E-state index in [1.54, 1.807) is 0 Å². The maximum atomic E-state index is 11.9. The van der Waals surface area contributed by atoms with Crippen LogP contribution in [0.25, 0.3) is 0 Å². The van der Waals surface area contributed by atoms with Gasteiger partial charge in [-0.3, -0.25) is 14.6 Å². The van der Waals surface area contributed by atoms with Crippen LogP contribution in [0.15, 0.2) is 18.6 Å². The quantitative estimate of drug-likeness (QED) is 0.543. The monoisotopic (exact) mass is 238 g/mol. The molecule has 0 bridgehead atoms. The van der Waals surface area contributed by atoms with E-state index in [-0.39, 0.29) is 24.4 Å². The Morgan fingerprint density at radius 3 is 2.59 bits per heavy atom. The number of nitrogens with two attached hydrogens (primary N) is 2. The first-order valence-corrected chi connectivity index (χ1v) is 5.05. The molecule has 1 aromatic rings. The zero-order valence-corrected chi connectivity index (χ0v) is 9.11. The number of carboxylic acids is 1. The molecule has 0 saturated carbocycles. The Morgan fingerprint density at radius 1 is 1.41 bits per heavy atom. The first-order valence-electron chi connectivity index (χ1n) is 5.05. The molecule has 1 heterocycles. The van der Waals surface area contributed by atoms with Gasteiger partial charge in [0.2, 0.25) is 0 Å². The molecule has 92 valence electrons. The fraction of sp³-hybridized carbons (Fsp3) is 0.400. The van der Waals surface area contributed by atoms with Gasteiger partial charge in [0.25, 0.3) is 0 Å². The van der Waals surface area contributed by atoms with Gasteiger partial charge in [-0.05, 0) is 6.42 Å². The number of Topliss-reactive ketones (excluding diaryl/α,β-unsaturated/α-hetero) is 1. The maximum absolute atomic E-state index is 11.9. The second-order valence-corrected chi connectivity index (χ2v) is 3.57. The van der Waals surface area contributed by atoms with Gasteiger partial charge < -0.3 is 16.6 Å². The van der Waals surface area contributed by atoms with E-state index in [9.17, 15) is 9.59 Å². The van der Waals surface area contributed by atoms with Crippen LogP contribution in [0, 0.1) is 5.92 Å². The van der Waals surface area contributed by atoms with Gasteiger partial charge in [0.1, 0.15) is 11.7 Å². The number of aliphatic carboxylic acids is 1. The summed E-state index contributed by atoms with van der Waals surface area (Å²) in [5, 5.41) is 8.67. The number of carboxylic acid groups (broad SMARTS) is 1. The molecule has 0 saturated heterocycles. The van der Waals surface area contributed by atoms with E-state index in [0.717, 1.165) is 0 Å². The fourth-order valence-corrected chi connectivity index (χ4v) is 1.35. The second kappa shape index (κ2) is 6.02. The van der Waals surface area contributed by atoms with Crippen molar-refractivity contribution in [1.82, 2.24) is 9.97 Å². The second-order valence-electron chi connectivity index (χ2n) is 3.57. The third-order valence-electron chi connectivity index (χ3n) is 2.33. The number of nitrogens with zero attached hydrogens (tertiary/aromatic N) is 2. The van der Waals surface area contributed by atoms with E-state index in [2.05, 4.69) is 9.97 Å². The van der Waals surface area contributed by atoms with Crippen LogP contribution >= 0.6 is 0 Å². The summed E-state index contributed by atoms with van der Waals surface area (Å²) in [5.74, 6) is -2.15. The normalized spacial score (nSPS) is 14.0. The van der Waals surface area contributed by atoms with Gasteiger partial charge in [0.15, 0.2) is 5.78 Å². The number of ketones is 1. The van der Waals surface area contributed by atoms with Gasteiger partial charge in [0, 0.05) is 24.9 Å². The average Bonchev–Trinajstić information content (AvgIpc) is 2.35. The lowest BCUT2D eigenvalue weighted by molar-refractivity contribution is -0.138. The van der Waals surface area contributed by atoms with Crippen molar-refractivity contribution in [3.63, 3.8) is 0 Å². The van der Waals surface area contributed by atoms with Crippen LogP contribution < -0.4 is 11.5 Å². The molecule has 7 nitrogen and oxygen atoms in total. The summed E-state index contributed by atoms with van der Waals surface area (Å²) >= 11 is 0. The lowest BCUT2D eigenvalue weighted by Gasteiger charge is -2.15. The summed E-state index contributed by atoms with van der Waals surface area (Å²) in [6, 6.07) is -1.11. The minimum Gasteiger partial charge on any atom is -0.480 e. The molecule has 0 aliphatic rings. The van der Waals surface area contributed by atoms with E-state index >= 15 is 0 Å². The summed E-state index contributed by atoms with van der Waals surface area (Å²) in [6.07, 6.45) is 4.13. The topological polar surface area (TPSA) is 132 Å². The summed E-state index contributed by atoms with van der Waals surface area (Å²) in [5.41, 5.74) is 11.0. The number of hydrogen-bond donors (Lipinski definition) is 3. The molecule has 2 atom stereocenters. The van der Waals surface area contributed by atoms with Gasteiger partial charge in [-0.25, -0.2) is 4.98 Å². The highest BCUT2D eigenvalue weighted by atomic mass is 16.4. The van der Waals surface area contributed by atoms with Gasteiger partial charge in [-0.15, -0.1) is 0 Å². The fourth-order valence-electron chi connectivity index (χ4n) is 1.35. The van der Waals surface area contributed by atoms with Crippen LogP contribution in [-0.2, 0) is 4.79 Å². The van der Waals surface area contributed by atoms with Crippen molar-refractivity contribution in [2.75, 3.05) is 6.54 Å². The van der Waals surface area contributed by atoms with E-state index in [1.807, 2.05) is 0 Å². The standard InChI is InChI=1S/C10H14N4O3/c11-4-6(3-7(12)10(16)17)9(15)8-5-13-1-2-14-8/h1-2,5-7H,3-4,11-12H2,(H,16,17). The smallest absolute Gasteiger partial charge is 0.320 e. The minimum atomic E-state index is -1.16. The number of carbonyl (C=O) groups excluding carboxylic acids is 1. The van der Waals surface area contributed by atoms with Crippen LogP contribution in [-0.4, -0.2) is 39.4 Å². The van der Waals surface area contributed by atoms with Gasteiger partial charge >= 0.3 is 5.97 Å². The van der Waals surface area contributed by atoms with Crippen molar-refractivity contribution in [2.45, 2.75) is 12.5 Å². The van der Waals surface area contributed by atoms with Crippen LogP contribution in [0.4, 0.5) is 0 Å². The van der Waals surface area contributed by atoms with Crippen molar-refractivity contribution in [3.05, 3.63) is 24.3 Å². The molecule has 1 aromatic heterocycles. The van der Waals surface area contributed by atoms with Crippen LogP contribution in [0.1, 0.15) is 16.9 Å². The molecule has 1 rings (SSSR count). The third-order valence-corrected chi connectivity index (χ3v) is 2.33. The molecule has 2 unspecified atom stereocenters. The van der Waals surface area contributed by atoms with E-state index in [4.69, 9.17) is 16.6 Å². The number of rotatable bonds is 6. The Morgan fingerprint density at radius 2 is 2.12 bits per heavy atom. The van der Waals surface area contributed by atoms with E-state index in [1.165, 1.54) is 18.6 Å². The maximum Gasteiger partial charge on any atom is 0.320 e. The summed E-state index contributed by atoms with van der Waals surface area (Å²) in [7, 11) is 0. The molecular weight excluding hydrogens is 224 g/mol. The molecule has 0 aromatic carbocycles. The third kappa shape index (κ3) is 3.58. The molecule has 5 N–H and O–H groups in total. The number of carbonyl (C=O) groups is 2. The van der Waals surface area contributed by atoms with Gasteiger partial charge in [-0.1, -0.05) is 0 Å².